The zero-order valence-corrected chi connectivity index (χ0v) is 13.4. The molecule has 0 radical (unpaired) electrons. The first-order chi connectivity index (χ1) is 11.1. The maximum atomic E-state index is 12.8. The van der Waals surface area contributed by atoms with Gasteiger partial charge < -0.3 is 9.80 Å². The molecule has 3 aliphatic heterocycles. The predicted octanol–water partition coefficient (Wildman–Crippen LogP) is 2.20. The molecule has 3 fully saturated rings. The number of fused-ring (bicyclic) bond motifs is 2. The van der Waals surface area contributed by atoms with Gasteiger partial charge in [0.2, 0.25) is 0 Å². The molecule has 0 N–H and O–H groups in total. The van der Waals surface area contributed by atoms with Crippen LogP contribution in [0.15, 0.2) is 36.5 Å². The molecule has 0 aliphatic carbocycles. The third-order valence-corrected chi connectivity index (χ3v) is 4.78. The number of carbonyl (C=O) groups is 1. The van der Waals surface area contributed by atoms with Crippen LogP contribution in [0.1, 0.15) is 28.2 Å². The van der Waals surface area contributed by atoms with E-state index in [0.717, 1.165) is 42.3 Å². The third kappa shape index (κ3) is 2.46. The van der Waals surface area contributed by atoms with Gasteiger partial charge in [0.25, 0.3) is 5.91 Å². The summed E-state index contributed by atoms with van der Waals surface area (Å²) in [6.45, 7) is 5.63. The fourth-order valence-corrected chi connectivity index (χ4v) is 3.68. The van der Waals surface area contributed by atoms with Crippen LogP contribution >= 0.6 is 0 Å². The summed E-state index contributed by atoms with van der Waals surface area (Å²) in [5, 5.41) is 0. The van der Waals surface area contributed by atoms with Crippen LogP contribution in [-0.4, -0.2) is 45.9 Å². The van der Waals surface area contributed by atoms with Gasteiger partial charge in [-0.05, 0) is 38.5 Å². The van der Waals surface area contributed by atoms with E-state index in [9.17, 15) is 4.79 Å². The van der Waals surface area contributed by atoms with Crippen molar-refractivity contribution in [2.45, 2.75) is 32.4 Å². The Bertz CT molecular complexity index is 748. The van der Waals surface area contributed by atoms with Crippen LogP contribution in [0.3, 0.4) is 0 Å². The normalized spacial score (nSPS) is 22.7. The number of hydrogen-bond donors (Lipinski definition) is 0. The van der Waals surface area contributed by atoms with Crippen molar-refractivity contribution in [1.29, 1.82) is 0 Å². The van der Waals surface area contributed by atoms with Crippen LogP contribution in [0.25, 0.3) is 0 Å². The Labute approximate surface area is 136 Å². The molecule has 3 aliphatic rings. The molecular formula is C18H20N4O. The van der Waals surface area contributed by atoms with E-state index in [1.54, 1.807) is 6.20 Å². The van der Waals surface area contributed by atoms with Crippen molar-refractivity contribution in [2.24, 2.45) is 0 Å². The van der Waals surface area contributed by atoms with Gasteiger partial charge in [-0.3, -0.25) is 4.79 Å². The second-order valence-electron chi connectivity index (χ2n) is 6.49. The fourth-order valence-electron chi connectivity index (χ4n) is 3.68. The van der Waals surface area contributed by atoms with Gasteiger partial charge in [0.1, 0.15) is 11.6 Å². The van der Waals surface area contributed by atoms with Gasteiger partial charge in [0.05, 0.1) is 12.1 Å². The number of anilines is 1. The summed E-state index contributed by atoms with van der Waals surface area (Å²) >= 11 is 0. The van der Waals surface area contributed by atoms with Crippen molar-refractivity contribution in [3.05, 3.63) is 53.5 Å². The molecule has 1 aromatic heterocycles. The van der Waals surface area contributed by atoms with Crippen molar-refractivity contribution in [1.82, 2.24) is 14.9 Å². The van der Waals surface area contributed by atoms with Crippen molar-refractivity contribution in [3.63, 3.8) is 0 Å². The molecule has 0 saturated carbocycles. The summed E-state index contributed by atoms with van der Waals surface area (Å²) in [7, 11) is 0. The molecule has 2 atom stereocenters. The van der Waals surface area contributed by atoms with E-state index in [1.807, 2.05) is 44.2 Å². The van der Waals surface area contributed by atoms with E-state index in [2.05, 4.69) is 19.8 Å². The van der Waals surface area contributed by atoms with Crippen molar-refractivity contribution in [3.8, 4) is 0 Å². The minimum Gasteiger partial charge on any atom is -0.352 e. The minimum atomic E-state index is 0.161. The number of rotatable bonds is 2. The lowest BCUT2D eigenvalue weighted by Crippen LogP contribution is -2.70. The maximum Gasteiger partial charge on any atom is 0.254 e. The van der Waals surface area contributed by atoms with Crippen LogP contribution < -0.4 is 4.90 Å². The monoisotopic (exact) mass is 308 g/mol. The predicted molar refractivity (Wildman–Crippen MR) is 88.5 cm³/mol. The Morgan fingerprint density at radius 2 is 1.96 bits per heavy atom. The van der Waals surface area contributed by atoms with E-state index < -0.39 is 0 Å². The zero-order valence-electron chi connectivity index (χ0n) is 13.4. The van der Waals surface area contributed by atoms with Crippen molar-refractivity contribution < 1.29 is 4.79 Å². The smallest absolute Gasteiger partial charge is 0.254 e. The Morgan fingerprint density at radius 3 is 2.65 bits per heavy atom. The van der Waals surface area contributed by atoms with Gasteiger partial charge in [0, 0.05) is 24.8 Å². The van der Waals surface area contributed by atoms with E-state index in [1.165, 1.54) is 0 Å². The fraction of sp³-hybridized carbons (Fsp3) is 0.389. The number of piperazine rings is 1. The molecule has 2 aromatic rings. The minimum absolute atomic E-state index is 0.161. The molecule has 0 spiro atoms. The lowest BCUT2D eigenvalue weighted by atomic mass is 9.86. The molecule has 118 valence electrons. The number of aromatic nitrogens is 2. The van der Waals surface area contributed by atoms with E-state index in [4.69, 9.17) is 0 Å². The van der Waals surface area contributed by atoms with Gasteiger partial charge in [-0.15, -0.1) is 0 Å². The highest BCUT2D eigenvalue weighted by Gasteiger charge is 2.47. The number of nitrogens with zero attached hydrogens (tertiary/aromatic N) is 4. The molecule has 4 heterocycles. The molecule has 2 bridgehead atoms. The summed E-state index contributed by atoms with van der Waals surface area (Å²) in [5.74, 6) is 1.91. The molecule has 3 saturated heterocycles. The summed E-state index contributed by atoms with van der Waals surface area (Å²) in [5.41, 5.74) is 1.92. The average molecular weight is 308 g/mol. The molecule has 1 amide bonds. The van der Waals surface area contributed by atoms with Gasteiger partial charge in [0.15, 0.2) is 0 Å². The second kappa shape index (κ2) is 5.33. The summed E-state index contributed by atoms with van der Waals surface area (Å²) in [6.07, 6.45) is 2.89. The first kappa shape index (κ1) is 14.2. The Kier molecular flexibility index (Phi) is 3.29. The maximum absolute atomic E-state index is 12.8. The van der Waals surface area contributed by atoms with Crippen LogP contribution in [0.2, 0.25) is 0 Å². The van der Waals surface area contributed by atoms with Gasteiger partial charge in [-0.25, -0.2) is 9.97 Å². The Morgan fingerprint density at radius 1 is 1.17 bits per heavy atom. The largest absolute Gasteiger partial charge is 0.352 e. The standard InChI is InChI=1S/C18H20N4O/c1-12-4-3-5-14(8-12)18(23)22-15-9-16(22)11-21(10-15)17-6-7-19-13(2)20-17/h3-8,15-16H,9-11H2,1-2H3. The molecule has 5 rings (SSSR count). The summed E-state index contributed by atoms with van der Waals surface area (Å²) in [6, 6.07) is 10.4. The highest BCUT2D eigenvalue weighted by Crippen LogP contribution is 2.35. The third-order valence-electron chi connectivity index (χ3n) is 4.78. The first-order valence-electron chi connectivity index (χ1n) is 8.06. The van der Waals surface area contributed by atoms with Gasteiger partial charge in [-0.1, -0.05) is 17.7 Å². The highest BCUT2D eigenvalue weighted by atomic mass is 16.2. The quantitative estimate of drug-likeness (QED) is 0.853. The van der Waals surface area contributed by atoms with Gasteiger partial charge in [-0.2, -0.15) is 0 Å². The number of carbonyl (C=O) groups excluding carboxylic acids is 1. The molecule has 5 nitrogen and oxygen atoms in total. The molecule has 2 unspecified atom stereocenters. The second-order valence-corrected chi connectivity index (χ2v) is 6.49. The first-order valence-corrected chi connectivity index (χ1v) is 8.06. The van der Waals surface area contributed by atoms with E-state index >= 15 is 0 Å². The summed E-state index contributed by atoms with van der Waals surface area (Å²) < 4.78 is 0. The molecular weight excluding hydrogens is 288 g/mol. The van der Waals surface area contributed by atoms with Crippen LogP contribution in [0.4, 0.5) is 5.82 Å². The zero-order chi connectivity index (χ0) is 16.0. The van der Waals surface area contributed by atoms with Crippen LogP contribution in [-0.2, 0) is 0 Å². The molecule has 23 heavy (non-hydrogen) atoms. The lowest BCUT2D eigenvalue weighted by molar-refractivity contribution is 0.00574. The molecule has 1 aromatic carbocycles. The number of aryl methyl sites for hydroxylation is 2. The van der Waals surface area contributed by atoms with Crippen LogP contribution in [0, 0.1) is 13.8 Å². The molecule has 5 heteroatoms. The Hall–Kier alpha value is -2.43. The average Bonchev–Trinajstić information content (AvgIpc) is 2.55. The highest BCUT2D eigenvalue weighted by molar-refractivity contribution is 5.95. The number of amides is 1. The SMILES string of the molecule is Cc1cccc(C(=O)N2C3CC2CN(c2ccnc(C)n2)C3)c1. The number of piperidine rings is 1. The summed E-state index contributed by atoms with van der Waals surface area (Å²) in [4.78, 5) is 25.8. The van der Waals surface area contributed by atoms with Crippen molar-refractivity contribution in [2.75, 3.05) is 18.0 Å². The van der Waals surface area contributed by atoms with Crippen molar-refractivity contribution >= 4 is 11.7 Å². The van der Waals surface area contributed by atoms with Crippen LogP contribution in [0.5, 0.6) is 0 Å². The van der Waals surface area contributed by atoms with E-state index in [-0.39, 0.29) is 18.0 Å². The number of benzene rings is 1. The number of hydrogen-bond acceptors (Lipinski definition) is 4. The lowest BCUT2D eigenvalue weighted by Gasteiger charge is -2.56. The topological polar surface area (TPSA) is 49.3 Å². The van der Waals surface area contributed by atoms with E-state index in [0.29, 0.717) is 0 Å². The van der Waals surface area contributed by atoms with Gasteiger partial charge >= 0.3 is 0 Å². The Balaban J connectivity index is 1.50.